The van der Waals surface area contributed by atoms with Crippen LogP contribution in [-0.2, 0) is 11.3 Å². The lowest BCUT2D eigenvalue weighted by Crippen LogP contribution is -2.64. The highest BCUT2D eigenvalue weighted by Crippen LogP contribution is 2.42. The summed E-state index contributed by atoms with van der Waals surface area (Å²) in [5, 5.41) is 14.4. The number of piperidine rings is 2. The van der Waals surface area contributed by atoms with Crippen molar-refractivity contribution in [3.8, 4) is 0 Å². The van der Waals surface area contributed by atoms with Crippen LogP contribution in [0.5, 0.6) is 0 Å². The van der Waals surface area contributed by atoms with Crippen molar-refractivity contribution in [2.75, 3.05) is 26.2 Å². The van der Waals surface area contributed by atoms with Gasteiger partial charge in [0.2, 0.25) is 5.91 Å². The summed E-state index contributed by atoms with van der Waals surface area (Å²) in [4.78, 5) is 34.1. The average Bonchev–Trinajstić information content (AvgIpc) is 3.25. The number of aryl methyl sites for hydroxylation is 1. The Hall–Kier alpha value is -2.74. The predicted octanol–water partition coefficient (Wildman–Crippen LogP) is 1.10. The maximum absolute atomic E-state index is 13.3. The largest absolute Gasteiger partial charge is 0.396 e. The van der Waals surface area contributed by atoms with Gasteiger partial charge in [-0.2, -0.15) is 5.10 Å². The Balaban J connectivity index is 1.58. The smallest absolute Gasteiger partial charge is 0.273 e. The van der Waals surface area contributed by atoms with Gasteiger partial charge < -0.3 is 14.9 Å². The van der Waals surface area contributed by atoms with Gasteiger partial charge in [0.15, 0.2) is 0 Å². The van der Waals surface area contributed by atoms with Crippen molar-refractivity contribution in [3.05, 3.63) is 48.0 Å². The molecule has 2 aromatic rings. The van der Waals surface area contributed by atoms with Crippen LogP contribution in [0, 0.1) is 12.3 Å². The van der Waals surface area contributed by atoms with Crippen LogP contribution in [0.15, 0.2) is 36.8 Å². The molecular weight excluding hydrogens is 370 g/mol. The summed E-state index contributed by atoms with van der Waals surface area (Å²) in [6.45, 7) is 3.70. The van der Waals surface area contributed by atoms with Gasteiger partial charge in [-0.05, 0) is 43.9 Å². The van der Waals surface area contributed by atoms with Crippen LogP contribution < -0.4 is 0 Å². The molecule has 0 spiro atoms. The number of pyridine rings is 1. The van der Waals surface area contributed by atoms with E-state index in [9.17, 15) is 14.7 Å². The number of aromatic nitrogens is 3. The van der Waals surface area contributed by atoms with Crippen molar-refractivity contribution < 1.29 is 14.7 Å². The number of amides is 2. The minimum atomic E-state index is -0.362. The summed E-state index contributed by atoms with van der Waals surface area (Å²) in [7, 11) is 0. The number of rotatable bonds is 4. The summed E-state index contributed by atoms with van der Waals surface area (Å²) in [5.41, 5.74) is 0.917. The van der Waals surface area contributed by atoms with E-state index in [1.807, 2.05) is 24.0 Å². The number of aliphatic hydroxyl groups excluding tert-OH is 1. The molecule has 8 heteroatoms. The number of fused-ring (bicyclic) bond motifs is 1. The van der Waals surface area contributed by atoms with E-state index in [0.29, 0.717) is 31.7 Å². The van der Waals surface area contributed by atoms with E-state index in [-0.39, 0.29) is 36.4 Å². The van der Waals surface area contributed by atoms with Gasteiger partial charge in [-0.3, -0.25) is 19.3 Å². The van der Waals surface area contributed by atoms with Gasteiger partial charge in [-0.25, -0.2) is 0 Å². The second-order valence-corrected chi connectivity index (χ2v) is 8.10. The van der Waals surface area contributed by atoms with E-state index in [0.717, 1.165) is 18.4 Å². The molecule has 8 nitrogen and oxygen atoms in total. The second kappa shape index (κ2) is 7.94. The lowest BCUT2D eigenvalue weighted by Gasteiger charge is -2.54. The molecule has 2 atom stereocenters. The summed E-state index contributed by atoms with van der Waals surface area (Å²) >= 11 is 0. The Labute approximate surface area is 170 Å². The highest BCUT2D eigenvalue weighted by Gasteiger charge is 2.50. The van der Waals surface area contributed by atoms with Crippen LogP contribution in [-0.4, -0.2) is 73.8 Å². The summed E-state index contributed by atoms with van der Waals surface area (Å²) in [6.07, 6.45) is 7.43. The zero-order valence-corrected chi connectivity index (χ0v) is 16.7. The minimum absolute atomic E-state index is 0.0177. The molecule has 2 aliphatic heterocycles. The molecule has 4 rings (SSSR count). The van der Waals surface area contributed by atoms with Gasteiger partial charge in [0.1, 0.15) is 12.2 Å². The van der Waals surface area contributed by atoms with Gasteiger partial charge in [-0.15, -0.1) is 0 Å². The van der Waals surface area contributed by atoms with Gasteiger partial charge in [-0.1, -0.05) is 6.07 Å². The minimum Gasteiger partial charge on any atom is -0.396 e. The first-order valence-electron chi connectivity index (χ1n) is 10.1. The predicted molar refractivity (Wildman–Crippen MR) is 106 cm³/mol. The van der Waals surface area contributed by atoms with Crippen LogP contribution in [0.25, 0.3) is 0 Å². The summed E-state index contributed by atoms with van der Waals surface area (Å²) in [5.74, 6) is -0.140. The molecule has 0 radical (unpaired) electrons. The quantitative estimate of drug-likeness (QED) is 0.834. The van der Waals surface area contributed by atoms with Crippen molar-refractivity contribution >= 4 is 11.8 Å². The topological polar surface area (TPSA) is 91.6 Å². The molecular formula is C21H27N5O3. The maximum Gasteiger partial charge on any atom is 0.273 e. The molecule has 4 heterocycles. The molecule has 0 aliphatic carbocycles. The number of hydrogen-bond acceptors (Lipinski definition) is 5. The van der Waals surface area contributed by atoms with Crippen LogP contribution in [0.4, 0.5) is 0 Å². The molecule has 0 bridgehead atoms. The fourth-order valence-electron chi connectivity index (χ4n) is 4.71. The lowest BCUT2D eigenvalue weighted by molar-refractivity contribution is -0.140. The summed E-state index contributed by atoms with van der Waals surface area (Å²) < 4.78 is 1.61. The Kier molecular flexibility index (Phi) is 5.36. The molecule has 2 saturated heterocycles. The van der Waals surface area contributed by atoms with E-state index in [1.165, 1.54) is 0 Å². The molecule has 154 valence electrons. The zero-order valence-electron chi connectivity index (χ0n) is 16.7. The third-order valence-corrected chi connectivity index (χ3v) is 6.43. The molecule has 2 amide bonds. The lowest BCUT2D eigenvalue weighted by atomic mass is 9.68. The molecule has 0 saturated carbocycles. The first kappa shape index (κ1) is 19.6. The number of likely N-dealkylation sites (tertiary alicyclic amines) is 2. The molecule has 0 unspecified atom stereocenters. The van der Waals surface area contributed by atoms with Gasteiger partial charge in [0.25, 0.3) is 5.91 Å². The fourth-order valence-corrected chi connectivity index (χ4v) is 4.71. The molecule has 2 aliphatic rings. The third-order valence-electron chi connectivity index (χ3n) is 6.43. The first-order valence-corrected chi connectivity index (χ1v) is 10.1. The van der Waals surface area contributed by atoms with Crippen LogP contribution in [0.1, 0.15) is 35.3 Å². The van der Waals surface area contributed by atoms with E-state index in [4.69, 9.17) is 0 Å². The highest BCUT2D eigenvalue weighted by atomic mass is 16.3. The van der Waals surface area contributed by atoms with Crippen molar-refractivity contribution in [3.63, 3.8) is 0 Å². The SMILES string of the molecule is Cc1cccnc1C(=O)N1CCC[C@]2(CO)CCN(C(=O)Cn3cccn3)C[C@@H]12. The zero-order chi connectivity index (χ0) is 20.4. The number of nitrogens with zero attached hydrogens (tertiary/aromatic N) is 5. The second-order valence-electron chi connectivity index (χ2n) is 8.10. The third kappa shape index (κ3) is 3.64. The van der Waals surface area contributed by atoms with Crippen LogP contribution in [0.2, 0.25) is 0 Å². The Morgan fingerprint density at radius 3 is 2.83 bits per heavy atom. The van der Waals surface area contributed by atoms with E-state index < -0.39 is 0 Å². The maximum atomic E-state index is 13.3. The summed E-state index contributed by atoms with van der Waals surface area (Å²) in [6, 6.07) is 5.27. The molecule has 29 heavy (non-hydrogen) atoms. The van der Waals surface area contributed by atoms with E-state index >= 15 is 0 Å². The Bertz CT molecular complexity index is 884. The molecule has 1 N–H and O–H groups in total. The fraction of sp³-hybridized carbons (Fsp3) is 0.524. The average molecular weight is 397 g/mol. The number of carbonyl (C=O) groups is 2. The normalized spacial score (nSPS) is 24.3. The van der Waals surface area contributed by atoms with Crippen LogP contribution >= 0.6 is 0 Å². The molecule has 0 aromatic carbocycles. The van der Waals surface area contributed by atoms with Crippen molar-refractivity contribution in [2.45, 2.75) is 38.8 Å². The number of aliphatic hydroxyl groups is 1. The van der Waals surface area contributed by atoms with Gasteiger partial charge >= 0.3 is 0 Å². The Morgan fingerprint density at radius 2 is 2.10 bits per heavy atom. The Morgan fingerprint density at radius 1 is 1.24 bits per heavy atom. The van der Waals surface area contributed by atoms with Crippen molar-refractivity contribution in [1.82, 2.24) is 24.6 Å². The van der Waals surface area contributed by atoms with Gasteiger partial charge in [0.05, 0.1) is 12.6 Å². The van der Waals surface area contributed by atoms with Gasteiger partial charge in [0, 0.05) is 43.6 Å². The monoisotopic (exact) mass is 397 g/mol. The van der Waals surface area contributed by atoms with E-state index in [1.54, 1.807) is 34.2 Å². The van der Waals surface area contributed by atoms with E-state index in [2.05, 4.69) is 10.1 Å². The van der Waals surface area contributed by atoms with Crippen molar-refractivity contribution in [2.24, 2.45) is 5.41 Å². The highest BCUT2D eigenvalue weighted by molar-refractivity contribution is 5.94. The number of hydrogen-bond donors (Lipinski definition) is 1. The van der Waals surface area contributed by atoms with Crippen molar-refractivity contribution in [1.29, 1.82) is 0 Å². The first-order chi connectivity index (χ1) is 14.0. The standard InChI is InChI=1S/C21H27N5O3/c1-16-5-2-8-22-19(16)20(29)26-11-3-6-21(15-27)7-12-24(13-17(21)26)18(28)14-25-10-4-9-23-25/h2,4-5,8-10,17,27H,3,6-7,11-15H2,1H3/t17-,21-/m1/s1. The van der Waals surface area contributed by atoms with Crippen LogP contribution in [0.3, 0.4) is 0 Å². The number of carbonyl (C=O) groups excluding carboxylic acids is 2. The molecule has 2 fully saturated rings. The molecule has 2 aromatic heterocycles.